The summed E-state index contributed by atoms with van der Waals surface area (Å²) in [5.74, 6) is -0.316. The molecule has 4 nitrogen and oxygen atoms in total. The van der Waals surface area contributed by atoms with E-state index in [4.69, 9.17) is 0 Å². The van der Waals surface area contributed by atoms with Crippen LogP contribution in [0.4, 0.5) is 0 Å². The molecule has 2 heterocycles. The van der Waals surface area contributed by atoms with Crippen molar-refractivity contribution in [1.29, 1.82) is 0 Å². The number of hydrogen-bond acceptors (Lipinski definition) is 4. The summed E-state index contributed by atoms with van der Waals surface area (Å²) in [6.07, 6.45) is 1.61. The van der Waals surface area contributed by atoms with E-state index >= 15 is 0 Å². The van der Waals surface area contributed by atoms with Crippen molar-refractivity contribution < 1.29 is 4.79 Å². The minimum Gasteiger partial charge on any atom is -0.266 e. The number of nitrogens with zero attached hydrogens (tertiary/aromatic N) is 2. The zero-order chi connectivity index (χ0) is 13.8. The molecule has 1 N–H and O–H groups in total. The van der Waals surface area contributed by atoms with Gasteiger partial charge in [-0.2, -0.15) is 5.10 Å². The monoisotopic (exact) mass is 281 g/mol. The molecule has 0 spiro atoms. The van der Waals surface area contributed by atoms with Crippen LogP contribution in [0.1, 0.15) is 15.4 Å². The van der Waals surface area contributed by atoms with Gasteiger partial charge in [0.05, 0.1) is 11.7 Å². The fourth-order valence-corrected chi connectivity index (χ4v) is 2.35. The molecule has 0 radical (unpaired) electrons. The summed E-state index contributed by atoms with van der Waals surface area (Å²) in [5.41, 5.74) is 3.62. The molecule has 5 heteroatoms. The number of amides is 1. The van der Waals surface area contributed by atoms with E-state index in [0.29, 0.717) is 5.69 Å². The maximum absolute atomic E-state index is 11.9. The minimum atomic E-state index is -0.316. The first-order valence-corrected chi connectivity index (χ1v) is 6.93. The predicted molar refractivity (Wildman–Crippen MR) is 81.1 cm³/mol. The molecule has 20 heavy (non-hydrogen) atoms. The van der Waals surface area contributed by atoms with E-state index in [-0.39, 0.29) is 5.91 Å². The van der Waals surface area contributed by atoms with Gasteiger partial charge in [-0.25, -0.2) is 10.4 Å². The Bertz CT molecular complexity index is 766. The third kappa shape index (κ3) is 2.73. The van der Waals surface area contributed by atoms with Crippen LogP contribution >= 0.6 is 11.3 Å². The molecule has 1 aromatic carbocycles. The highest BCUT2D eigenvalue weighted by Crippen LogP contribution is 2.11. The van der Waals surface area contributed by atoms with Crippen LogP contribution in [0, 0.1) is 0 Å². The molecule has 3 rings (SSSR count). The van der Waals surface area contributed by atoms with Gasteiger partial charge >= 0.3 is 0 Å². The summed E-state index contributed by atoms with van der Waals surface area (Å²) in [6.45, 7) is 0. The van der Waals surface area contributed by atoms with Crippen LogP contribution in [0.2, 0.25) is 0 Å². The fourth-order valence-electron chi connectivity index (χ4n) is 1.77. The molecule has 0 atom stereocenters. The van der Waals surface area contributed by atoms with Gasteiger partial charge in [0.2, 0.25) is 0 Å². The third-order valence-electron chi connectivity index (χ3n) is 2.73. The molecule has 0 bridgehead atoms. The van der Waals surface area contributed by atoms with Crippen molar-refractivity contribution in [2.75, 3.05) is 0 Å². The second kappa shape index (κ2) is 5.63. The SMILES string of the molecule is O=C(N/N=C/c1cccs1)c1ccc2ccccc2n1. The summed E-state index contributed by atoms with van der Waals surface area (Å²) in [4.78, 5) is 17.2. The van der Waals surface area contributed by atoms with Crippen LogP contribution in [-0.4, -0.2) is 17.1 Å². The van der Waals surface area contributed by atoms with E-state index in [9.17, 15) is 4.79 Å². The van der Waals surface area contributed by atoms with Crippen LogP contribution in [0.25, 0.3) is 10.9 Å². The van der Waals surface area contributed by atoms with Crippen molar-refractivity contribution in [3.63, 3.8) is 0 Å². The lowest BCUT2D eigenvalue weighted by Gasteiger charge is -2.01. The van der Waals surface area contributed by atoms with Crippen molar-refractivity contribution in [1.82, 2.24) is 10.4 Å². The Balaban J connectivity index is 1.75. The van der Waals surface area contributed by atoms with E-state index < -0.39 is 0 Å². The molecule has 0 aliphatic rings. The van der Waals surface area contributed by atoms with Crippen molar-refractivity contribution in [3.8, 4) is 0 Å². The Kier molecular flexibility index (Phi) is 3.52. The molecule has 0 aliphatic carbocycles. The number of para-hydroxylation sites is 1. The molecule has 0 aliphatic heterocycles. The summed E-state index contributed by atoms with van der Waals surface area (Å²) in [5, 5.41) is 6.87. The molecule has 0 saturated heterocycles. The Morgan fingerprint density at radius 2 is 2.05 bits per heavy atom. The quantitative estimate of drug-likeness (QED) is 0.592. The summed E-state index contributed by atoms with van der Waals surface area (Å²) < 4.78 is 0. The number of thiophene rings is 1. The number of nitrogens with one attached hydrogen (secondary N) is 1. The van der Waals surface area contributed by atoms with Gasteiger partial charge in [-0.15, -0.1) is 11.3 Å². The Morgan fingerprint density at radius 1 is 1.15 bits per heavy atom. The lowest BCUT2D eigenvalue weighted by atomic mass is 10.2. The number of carbonyl (C=O) groups excluding carboxylic acids is 1. The Morgan fingerprint density at radius 3 is 2.90 bits per heavy atom. The zero-order valence-corrected chi connectivity index (χ0v) is 11.3. The number of hydrazone groups is 1. The van der Waals surface area contributed by atoms with Gasteiger partial charge in [0, 0.05) is 10.3 Å². The maximum atomic E-state index is 11.9. The zero-order valence-electron chi connectivity index (χ0n) is 10.5. The second-order valence-electron chi connectivity index (χ2n) is 4.10. The van der Waals surface area contributed by atoms with Crippen LogP contribution in [0.5, 0.6) is 0 Å². The van der Waals surface area contributed by atoms with Crippen molar-refractivity contribution in [3.05, 3.63) is 64.5 Å². The third-order valence-corrected chi connectivity index (χ3v) is 3.54. The molecule has 1 amide bonds. The van der Waals surface area contributed by atoms with Gasteiger partial charge in [-0.1, -0.05) is 30.3 Å². The molecular formula is C15H11N3OS. The van der Waals surface area contributed by atoms with E-state index in [1.165, 1.54) is 0 Å². The Labute approximate surface area is 119 Å². The van der Waals surface area contributed by atoms with E-state index in [2.05, 4.69) is 15.5 Å². The first kappa shape index (κ1) is 12.5. The topological polar surface area (TPSA) is 54.4 Å². The number of pyridine rings is 1. The fraction of sp³-hybridized carbons (Fsp3) is 0. The highest BCUT2D eigenvalue weighted by Gasteiger charge is 2.06. The highest BCUT2D eigenvalue weighted by atomic mass is 32.1. The van der Waals surface area contributed by atoms with Crippen molar-refractivity contribution in [2.45, 2.75) is 0 Å². The number of benzene rings is 1. The molecule has 0 saturated carbocycles. The summed E-state index contributed by atoms with van der Waals surface area (Å²) >= 11 is 1.56. The predicted octanol–water partition coefficient (Wildman–Crippen LogP) is 3.06. The smallest absolute Gasteiger partial charge is 0.266 e. The second-order valence-corrected chi connectivity index (χ2v) is 5.08. The van der Waals surface area contributed by atoms with Crippen LogP contribution < -0.4 is 5.43 Å². The Hall–Kier alpha value is -2.53. The molecule has 2 aromatic heterocycles. The highest BCUT2D eigenvalue weighted by molar-refractivity contribution is 7.11. The van der Waals surface area contributed by atoms with Gasteiger partial charge in [-0.05, 0) is 23.6 Å². The molecule has 0 fully saturated rings. The van der Waals surface area contributed by atoms with Crippen LogP contribution in [0.15, 0.2) is 59.0 Å². The van der Waals surface area contributed by atoms with Gasteiger partial charge in [0.15, 0.2) is 0 Å². The van der Waals surface area contributed by atoms with Gasteiger partial charge in [0.25, 0.3) is 5.91 Å². The lowest BCUT2D eigenvalue weighted by Crippen LogP contribution is -2.18. The molecule has 3 aromatic rings. The van der Waals surface area contributed by atoms with E-state index in [1.54, 1.807) is 23.6 Å². The molecule has 98 valence electrons. The van der Waals surface area contributed by atoms with Crippen molar-refractivity contribution >= 4 is 34.4 Å². The molecular weight excluding hydrogens is 270 g/mol. The number of aromatic nitrogens is 1. The van der Waals surface area contributed by atoms with Gasteiger partial charge in [0.1, 0.15) is 5.69 Å². The molecule has 0 unspecified atom stereocenters. The average molecular weight is 281 g/mol. The van der Waals surface area contributed by atoms with Gasteiger partial charge in [-0.3, -0.25) is 4.79 Å². The number of hydrogen-bond donors (Lipinski definition) is 1. The van der Waals surface area contributed by atoms with E-state index in [1.807, 2.05) is 47.8 Å². The largest absolute Gasteiger partial charge is 0.289 e. The first-order valence-electron chi connectivity index (χ1n) is 6.06. The number of carbonyl (C=O) groups is 1. The maximum Gasteiger partial charge on any atom is 0.289 e. The normalized spacial score (nSPS) is 11.0. The minimum absolute atomic E-state index is 0.316. The average Bonchev–Trinajstić information content (AvgIpc) is 3.00. The summed E-state index contributed by atoms with van der Waals surface area (Å²) in [7, 11) is 0. The van der Waals surface area contributed by atoms with Crippen LogP contribution in [-0.2, 0) is 0 Å². The number of fused-ring (bicyclic) bond motifs is 1. The lowest BCUT2D eigenvalue weighted by molar-refractivity contribution is 0.0950. The standard InChI is InChI=1S/C15H11N3OS/c19-15(18-16-10-12-5-3-9-20-12)14-8-7-11-4-1-2-6-13(11)17-14/h1-10H,(H,18,19)/b16-10+. The van der Waals surface area contributed by atoms with Crippen molar-refractivity contribution in [2.24, 2.45) is 5.10 Å². The first-order chi connectivity index (χ1) is 9.83. The van der Waals surface area contributed by atoms with E-state index in [0.717, 1.165) is 15.8 Å². The van der Waals surface area contributed by atoms with Gasteiger partial charge < -0.3 is 0 Å². The van der Waals surface area contributed by atoms with Crippen LogP contribution in [0.3, 0.4) is 0 Å². The number of rotatable bonds is 3. The summed E-state index contributed by atoms with van der Waals surface area (Å²) in [6, 6.07) is 15.1.